The van der Waals surface area contributed by atoms with Crippen LogP contribution in [0.25, 0.3) is 0 Å². The number of aliphatic hydroxyl groups excluding tert-OH is 1. The lowest BCUT2D eigenvalue weighted by Gasteiger charge is -2.15. The third kappa shape index (κ3) is 3.52. The highest BCUT2D eigenvalue weighted by Crippen LogP contribution is 2.30. The molecule has 2 rings (SSSR count). The van der Waals surface area contributed by atoms with Gasteiger partial charge < -0.3 is 14.6 Å². The van der Waals surface area contributed by atoms with Gasteiger partial charge in [0.25, 0.3) is 0 Å². The second kappa shape index (κ2) is 6.44. The summed E-state index contributed by atoms with van der Waals surface area (Å²) < 4.78 is 11.0. The molecule has 106 valence electrons. The monoisotopic (exact) mass is 272 g/mol. The second-order valence-corrected chi connectivity index (χ2v) is 4.86. The van der Waals surface area contributed by atoms with Gasteiger partial charge >= 0.3 is 0 Å². The van der Waals surface area contributed by atoms with E-state index < -0.39 is 6.10 Å². The molecule has 2 aromatic rings. The molecule has 0 spiro atoms. The Morgan fingerprint density at radius 1 is 1.15 bits per heavy atom. The van der Waals surface area contributed by atoms with Crippen molar-refractivity contribution in [1.82, 2.24) is 0 Å². The molecular weight excluding hydrogens is 252 g/mol. The molecule has 0 radical (unpaired) electrons. The number of rotatable bonds is 5. The molecular formula is C17H20O3. The van der Waals surface area contributed by atoms with Crippen molar-refractivity contribution in [3.8, 4) is 11.5 Å². The van der Waals surface area contributed by atoms with Gasteiger partial charge in [-0.3, -0.25) is 0 Å². The molecule has 0 aliphatic rings. The van der Waals surface area contributed by atoms with Gasteiger partial charge in [0.1, 0.15) is 18.1 Å². The zero-order chi connectivity index (χ0) is 14.5. The number of aryl methyl sites for hydroxylation is 1. The predicted molar refractivity (Wildman–Crippen MR) is 79.1 cm³/mol. The summed E-state index contributed by atoms with van der Waals surface area (Å²) in [6.45, 7) is 4.24. The highest BCUT2D eigenvalue weighted by Gasteiger charge is 2.11. The Bertz CT molecular complexity index is 576. The first-order valence-corrected chi connectivity index (χ1v) is 6.64. The Labute approximate surface area is 119 Å². The van der Waals surface area contributed by atoms with E-state index in [1.54, 1.807) is 20.1 Å². The molecule has 1 N–H and O–H groups in total. The van der Waals surface area contributed by atoms with Crippen LogP contribution in [0.3, 0.4) is 0 Å². The molecule has 0 bridgehead atoms. The van der Waals surface area contributed by atoms with Crippen molar-refractivity contribution in [3.05, 3.63) is 59.2 Å². The molecule has 0 aromatic heterocycles. The molecule has 3 nitrogen and oxygen atoms in total. The lowest BCUT2D eigenvalue weighted by Crippen LogP contribution is -2.01. The van der Waals surface area contributed by atoms with Gasteiger partial charge in [0, 0.05) is 11.6 Å². The van der Waals surface area contributed by atoms with Crippen LogP contribution in [0.2, 0.25) is 0 Å². The largest absolute Gasteiger partial charge is 0.497 e. The third-order valence-electron chi connectivity index (χ3n) is 3.15. The zero-order valence-electron chi connectivity index (χ0n) is 12.1. The average molecular weight is 272 g/mol. The fourth-order valence-electron chi connectivity index (χ4n) is 2.07. The minimum absolute atomic E-state index is 0.467. The first-order valence-electron chi connectivity index (χ1n) is 6.64. The molecule has 1 atom stereocenters. The van der Waals surface area contributed by atoms with Crippen molar-refractivity contribution < 1.29 is 14.6 Å². The Morgan fingerprint density at radius 2 is 1.95 bits per heavy atom. The summed E-state index contributed by atoms with van der Waals surface area (Å²) in [5, 5.41) is 9.79. The molecule has 0 unspecified atom stereocenters. The highest BCUT2D eigenvalue weighted by atomic mass is 16.5. The fourth-order valence-corrected chi connectivity index (χ4v) is 2.07. The Hall–Kier alpha value is -2.00. The summed E-state index contributed by atoms with van der Waals surface area (Å²) in [6, 6.07) is 13.6. The summed E-state index contributed by atoms with van der Waals surface area (Å²) in [6.07, 6.45) is -0.576. The van der Waals surface area contributed by atoms with Gasteiger partial charge in [-0.1, -0.05) is 29.8 Å². The van der Waals surface area contributed by atoms with Crippen molar-refractivity contribution in [1.29, 1.82) is 0 Å². The van der Waals surface area contributed by atoms with E-state index in [0.717, 1.165) is 11.1 Å². The first kappa shape index (κ1) is 14.4. The molecule has 0 amide bonds. The molecule has 3 heteroatoms. The van der Waals surface area contributed by atoms with Gasteiger partial charge in [-0.15, -0.1) is 0 Å². The van der Waals surface area contributed by atoms with E-state index in [4.69, 9.17) is 9.47 Å². The summed E-state index contributed by atoms with van der Waals surface area (Å²) in [4.78, 5) is 0. The van der Waals surface area contributed by atoms with E-state index in [2.05, 4.69) is 19.1 Å². The summed E-state index contributed by atoms with van der Waals surface area (Å²) >= 11 is 0. The summed E-state index contributed by atoms with van der Waals surface area (Å²) in [5.41, 5.74) is 3.07. The van der Waals surface area contributed by atoms with Gasteiger partial charge in [0.2, 0.25) is 0 Å². The number of ether oxygens (including phenoxy) is 2. The van der Waals surface area contributed by atoms with Crippen LogP contribution < -0.4 is 9.47 Å². The summed E-state index contributed by atoms with van der Waals surface area (Å²) in [7, 11) is 1.61. The normalized spacial score (nSPS) is 12.0. The minimum atomic E-state index is -0.576. The van der Waals surface area contributed by atoms with Crippen LogP contribution in [0.4, 0.5) is 0 Å². The molecule has 2 aromatic carbocycles. The topological polar surface area (TPSA) is 38.7 Å². The van der Waals surface area contributed by atoms with E-state index in [1.807, 2.05) is 24.3 Å². The number of hydrogen-bond acceptors (Lipinski definition) is 3. The van der Waals surface area contributed by atoms with Gasteiger partial charge in [0.15, 0.2) is 0 Å². The molecule has 0 saturated heterocycles. The maximum Gasteiger partial charge on any atom is 0.129 e. The average Bonchev–Trinajstić information content (AvgIpc) is 2.44. The molecule has 20 heavy (non-hydrogen) atoms. The van der Waals surface area contributed by atoms with Crippen molar-refractivity contribution >= 4 is 0 Å². The predicted octanol–water partition coefficient (Wildman–Crippen LogP) is 3.64. The Kier molecular flexibility index (Phi) is 4.64. The fraction of sp³-hybridized carbons (Fsp3) is 0.294. The minimum Gasteiger partial charge on any atom is -0.497 e. The third-order valence-corrected chi connectivity index (χ3v) is 3.15. The number of benzene rings is 2. The van der Waals surface area contributed by atoms with E-state index in [1.165, 1.54) is 5.56 Å². The van der Waals surface area contributed by atoms with Crippen molar-refractivity contribution in [2.45, 2.75) is 26.6 Å². The molecule has 0 fully saturated rings. The zero-order valence-corrected chi connectivity index (χ0v) is 12.1. The molecule has 0 saturated carbocycles. The van der Waals surface area contributed by atoms with Crippen LogP contribution in [0.5, 0.6) is 11.5 Å². The van der Waals surface area contributed by atoms with E-state index in [0.29, 0.717) is 18.1 Å². The van der Waals surface area contributed by atoms with Gasteiger partial charge in [-0.2, -0.15) is 0 Å². The Morgan fingerprint density at radius 3 is 2.60 bits per heavy atom. The number of aliphatic hydroxyl groups is 1. The van der Waals surface area contributed by atoms with Crippen LogP contribution in [-0.2, 0) is 6.61 Å². The molecule has 0 heterocycles. The lowest BCUT2D eigenvalue weighted by molar-refractivity contribution is 0.190. The van der Waals surface area contributed by atoms with Crippen molar-refractivity contribution in [2.24, 2.45) is 0 Å². The van der Waals surface area contributed by atoms with E-state index in [9.17, 15) is 5.11 Å². The van der Waals surface area contributed by atoms with Crippen molar-refractivity contribution in [3.63, 3.8) is 0 Å². The van der Waals surface area contributed by atoms with Crippen molar-refractivity contribution in [2.75, 3.05) is 7.11 Å². The van der Waals surface area contributed by atoms with E-state index >= 15 is 0 Å². The quantitative estimate of drug-likeness (QED) is 0.903. The van der Waals surface area contributed by atoms with Crippen LogP contribution in [0.1, 0.15) is 29.7 Å². The SMILES string of the molecule is COc1ccc([C@@H](C)O)c(OCc2cccc(C)c2)c1. The molecule has 0 aliphatic heterocycles. The lowest BCUT2D eigenvalue weighted by atomic mass is 10.1. The molecule has 0 aliphatic carbocycles. The van der Waals surface area contributed by atoms with Gasteiger partial charge in [0.05, 0.1) is 13.2 Å². The first-order chi connectivity index (χ1) is 9.60. The Balaban J connectivity index is 2.19. The van der Waals surface area contributed by atoms with Gasteiger partial charge in [-0.25, -0.2) is 0 Å². The van der Waals surface area contributed by atoms with Crippen LogP contribution in [0, 0.1) is 6.92 Å². The van der Waals surface area contributed by atoms with Crippen LogP contribution in [0.15, 0.2) is 42.5 Å². The maximum absolute atomic E-state index is 9.79. The van der Waals surface area contributed by atoms with E-state index in [-0.39, 0.29) is 0 Å². The number of methoxy groups -OCH3 is 1. The second-order valence-electron chi connectivity index (χ2n) is 4.86. The standard InChI is InChI=1S/C17H20O3/c1-12-5-4-6-14(9-12)11-20-17-10-15(19-3)7-8-16(17)13(2)18/h4-10,13,18H,11H2,1-3H3/t13-/m1/s1. The maximum atomic E-state index is 9.79. The summed E-state index contributed by atoms with van der Waals surface area (Å²) in [5.74, 6) is 1.37. The van der Waals surface area contributed by atoms with Crippen LogP contribution >= 0.6 is 0 Å². The highest BCUT2D eigenvalue weighted by molar-refractivity contribution is 5.42. The van der Waals surface area contributed by atoms with Gasteiger partial charge in [-0.05, 0) is 31.5 Å². The number of hydrogen-bond donors (Lipinski definition) is 1. The van der Waals surface area contributed by atoms with Crippen LogP contribution in [-0.4, -0.2) is 12.2 Å². The smallest absolute Gasteiger partial charge is 0.129 e.